The van der Waals surface area contributed by atoms with Crippen molar-refractivity contribution in [3.63, 3.8) is 0 Å². The third kappa shape index (κ3) is 2.57. The molecule has 1 fully saturated rings. The minimum absolute atomic E-state index is 0.0698. The summed E-state index contributed by atoms with van der Waals surface area (Å²) < 4.78 is 0. The predicted octanol–water partition coefficient (Wildman–Crippen LogP) is 2.03. The maximum Gasteiger partial charge on any atom is 0.223 e. The SMILES string of the molecule is CN1CC(c2cc(C(=N)c3ccccc3)c(N)cn2)CC1=O. The van der Waals surface area contributed by atoms with Crippen LogP contribution in [-0.2, 0) is 4.79 Å². The van der Waals surface area contributed by atoms with Crippen molar-refractivity contribution in [1.29, 1.82) is 5.41 Å². The highest BCUT2D eigenvalue weighted by Crippen LogP contribution is 2.28. The van der Waals surface area contributed by atoms with Gasteiger partial charge in [-0.2, -0.15) is 0 Å². The zero-order valence-electron chi connectivity index (χ0n) is 12.4. The quantitative estimate of drug-likeness (QED) is 0.850. The minimum Gasteiger partial charge on any atom is -0.397 e. The molecular weight excluding hydrogens is 276 g/mol. The summed E-state index contributed by atoms with van der Waals surface area (Å²) in [6.07, 6.45) is 2.05. The second kappa shape index (κ2) is 5.60. The minimum atomic E-state index is 0.0698. The van der Waals surface area contributed by atoms with Gasteiger partial charge < -0.3 is 10.6 Å². The molecule has 1 saturated heterocycles. The lowest BCUT2D eigenvalue weighted by atomic mass is 9.97. The first kappa shape index (κ1) is 14.3. The van der Waals surface area contributed by atoms with Gasteiger partial charge in [-0.05, 0) is 6.07 Å². The molecule has 22 heavy (non-hydrogen) atoms. The van der Waals surface area contributed by atoms with Crippen LogP contribution in [0.15, 0.2) is 42.6 Å². The number of benzene rings is 1. The Kier molecular flexibility index (Phi) is 3.63. The first-order chi connectivity index (χ1) is 10.6. The molecule has 1 aliphatic rings. The molecule has 2 heterocycles. The average Bonchev–Trinajstić information content (AvgIpc) is 2.87. The van der Waals surface area contributed by atoms with Crippen molar-refractivity contribution in [3.05, 3.63) is 59.4 Å². The molecule has 0 aliphatic carbocycles. The first-order valence-corrected chi connectivity index (χ1v) is 7.20. The summed E-state index contributed by atoms with van der Waals surface area (Å²) in [4.78, 5) is 17.8. The number of amides is 1. The predicted molar refractivity (Wildman–Crippen MR) is 86.0 cm³/mol. The standard InChI is InChI=1S/C17H18N4O/c1-21-10-12(7-16(21)22)15-8-13(14(18)9-20-15)17(19)11-5-3-2-4-6-11/h2-6,8-9,12,19H,7,10,18H2,1H3. The number of nitrogen functional groups attached to an aromatic ring is 1. The zero-order valence-corrected chi connectivity index (χ0v) is 12.4. The fourth-order valence-corrected chi connectivity index (χ4v) is 2.74. The van der Waals surface area contributed by atoms with Crippen LogP contribution in [0.25, 0.3) is 0 Å². The molecule has 112 valence electrons. The summed E-state index contributed by atoms with van der Waals surface area (Å²) >= 11 is 0. The van der Waals surface area contributed by atoms with Crippen LogP contribution in [0.2, 0.25) is 0 Å². The summed E-state index contributed by atoms with van der Waals surface area (Å²) in [6.45, 7) is 0.661. The van der Waals surface area contributed by atoms with Gasteiger partial charge in [0, 0.05) is 42.8 Å². The first-order valence-electron chi connectivity index (χ1n) is 7.20. The van der Waals surface area contributed by atoms with Crippen molar-refractivity contribution in [2.75, 3.05) is 19.3 Å². The summed E-state index contributed by atoms with van der Waals surface area (Å²) in [5.41, 5.74) is 9.15. The maximum absolute atomic E-state index is 11.7. The molecule has 3 rings (SSSR count). The van der Waals surface area contributed by atoms with Crippen LogP contribution in [0.3, 0.4) is 0 Å². The van der Waals surface area contributed by atoms with E-state index in [0.717, 1.165) is 11.3 Å². The van der Waals surface area contributed by atoms with E-state index < -0.39 is 0 Å². The molecular formula is C17H18N4O. The van der Waals surface area contributed by atoms with E-state index in [9.17, 15) is 4.79 Å². The normalized spacial score (nSPS) is 17.8. The maximum atomic E-state index is 11.7. The van der Waals surface area contributed by atoms with Crippen molar-refractivity contribution in [1.82, 2.24) is 9.88 Å². The smallest absolute Gasteiger partial charge is 0.223 e. The Labute approximate surface area is 129 Å². The number of likely N-dealkylation sites (N-methyl/N-ethyl adjacent to an activating group) is 1. The molecule has 1 unspecified atom stereocenters. The van der Waals surface area contributed by atoms with Gasteiger partial charge in [0.15, 0.2) is 0 Å². The van der Waals surface area contributed by atoms with Crippen molar-refractivity contribution < 1.29 is 4.79 Å². The molecule has 3 N–H and O–H groups in total. The molecule has 0 spiro atoms. The van der Waals surface area contributed by atoms with Crippen LogP contribution >= 0.6 is 0 Å². The van der Waals surface area contributed by atoms with E-state index in [0.29, 0.717) is 29.9 Å². The van der Waals surface area contributed by atoms with E-state index in [1.165, 1.54) is 0 Å². The third-order valence-electron chi connectivity index (χ3n) is 4.05. The lowest BCUT2D eigenvalue weighted by Crippen LogP contribution is -2.19. The van der Waals surface area contributed by atoms with Crippen LogP contribution in [0.1, 0.15) is 29.2 Å². The highest BCUT2D eigenvalue weighted by atomic mass is 16.2. The number of carbonyl (C=O) groups is 1. The molecule has 1 aromatic carbocycles. The highest BCUT2D eigenvalue weighted by Gasteiger charge is 2.29. The Balaban J connectivity index is 1.94. The van der Waals surface area contributed by atoms with E-state index >= 15 is 0 Å². The van der Waals surface area contributed by atoms with Crippen molar-refractivity contribution in [2.45, 2.75) is 12.3 Å². The van der Waals surface area contributed by atoms with Gasteiger partial charge in [0.05, 0.1) is 17.6 Å². The molecule has 0 saturated carbocycles. The Morgan fingerprint density at radius 2 is 2.09 bits per heavy atom. The average molecular weight is 294 g/mol. The van der Waals surface area contributed by atoms with Crippen molar-refractivity contribution >= 4 is 17.3 Å². The zero-order chi connectivity index (χ0) is 15.7. The topological polar surface area (TPSA) is 83.1 Å². The summed E-state index contributed by atoms with van der Waals surface area (Å²) in [5.74, 6) is 0.198. The number of hydrogen-bond donors (Lipinski definition) is 2. The number of nitrogens with two attached hydrogens (primary N) is 1. The largest absolute Gasteiger partial charge is 0.397 e. The van der Waals surface area contributed by atoms with Crippen molar-refractivity contribution in [3.8, 4) is 0 Å². The Hall–Kier alpha value is -2.69. The van der Waals surface area contributed by atoms with Gasteiger partial charge in [0.2, 0.25) is 5.91 Å². The lowest BCUT2D eigenvalue weighted by Gasteiger charge is -2.13. The molecule has 2 aromatic rings. The summed E-state index contributed by atoms with van der Waals surface area (Å²) in [6, 6.07) is 11.3. The third-order valence-corrected chi connectivity index (χ3v) is 4.05. The number of anilines is 1. The summed E-state index contributed by atoms with van der Waals surface area (Å²) in [7, 11) is 1.80. The van der Waals surface area contributed by atoms with Crippen LogP contribution in [0.5, 0.6) is 0 Å². The number of nitrogens with one attached hydrogen (secondary N) is 1. The van der Waals surface area contributed by atoms with Gasteiger partial charge in [0.25, 0.3) is 0 Å². The number of hydrogen-bond acceptors (Lipinski definition) is 4. The molecule has 0 radical (unpaired) electrons. The van der Waals surface area contributed by atoms with E-state index in [1.807, 2.05) is 36.4 Å². The molecule has 5 heteroatoms. The molecule has 0 bridgehead atoms. The van der Waals surface area contributed by atoms with E-state index in [1.54, 1.807) is 18.1 Å². The lowest BCUT2D eigenvalue weighted by molar-refractivity contribution is -0.126. The number of aromatic nitrogens is 1. The summed E-state index contributed by atoms with van der Waals surface area (Å²) in [5, 5.41) is 8.37. The van der Waals surface area contributed by atoms with Gasteiger partial charge in [-0.3, -0.25) is 15.2 Å². The van der Waals surface area contributed by atoms with Gasteiger partial charge in [-0.15, -0.1) is 0 Å². The second-order valence-corrected chi connectivity index (χ2v) is 5.61. The molecule has 1 aliphatic heterocycles. The van der Waals surface area contributed by atoms with Crippen molar-refractivity contribution in [2.24, 2.45) is 0 Å². The van der Waals surface area contributed by atoms with Crippen LogP contribution in [0.4, 0.5) is 5.69 Å². The van der Waals surface area contributed by atoms with Gasteiger partial charge >= 0.3 is 0 Å². The number of rotatable bonds is 3. The van der Waals surface area contributed by atoms with Gasteiger partial charge in [-0.1, -0.05) is 30.3 Å². The van der Waals surface area contributed by atoms with Crippen LogP contribution < -0.4 is 5.73 Å². The number of likely N-dealkylation sites (tertiary alicyclic amines) is 1. The van der Waals surface area contributed by atoms with E-state index in [-0.39, 0.29) is 11.8 Å². The van der Waals surface area contributed by atoms with E-state index in [4.69, 9.17) is 11.1 Å². The second-order valence-electron chi connectivity index (χ2n) is 5.61. The van der Waals surface area contributed by atoms with E-state index in [2.05, 4.69) is 4.98 Å². The monoisotopic (exact) mass is 294 g/mol. The van der Waals surface area contributed by atoms with Gasteiger partial charge in [0.1, 0.15) is 0 Å². The Morgan fingerprint density at radius 3 is 2.73 bits per heavy atom. The number of nitrogens with zero attached hydrogens (tertiary/aromatic N) is 2. The number of pyridine rings is 1. The van der Waals surface area contributed by atoms with Crippen LogP contribution in [-0.4, -0.2) is 35.1 Å². The Bertz CT molecular complexity index is 727. The molecule has 1 amide bonds. The fraction of sp³-hybridized carbons (Fsp3) is 0.235. The fourth-order valence-electron chi connectivity index (χ4n) is 2.74. The van der Waals surface area contributed by atoms with Crippen LogP contribution in [0, 0.1) is 5.41 Å². The Morgan fingerprint density at radius 1 is 1.36 bits per heavy atom. The number of carbonyl (C=O) groups excluding carboxylic acids is 1. The van der Waals surface area contributed by atoms with Gasteiger partial charge in [-0.25, -0.2) is 0 Å². The molecule has 1 atom stereocenters. The highest BCUT2D eigenvalue weighted by molar-refractivity contribution is 6.13. The molecule has 5 nitrogen and oxygen atoms in total. The molecule has 1 aromatic heterocycles.